The number of pyridine rings is 1. The Balaban J connectivity index is 1.88. The second-order valence-electron chi connectivity index (χ2n) is 5.82. The first kappa shape index (κ1) is 19.3. The van der Waals surface area contributed by atoms with Gasteiger partial charge in [0, 0.05) is 23.6 Å². The third-order valence-electron chi connectivity index (χ3n) is 4.14. The predicted molar refractivity (Wildman–Crippen MR) is 95.2 cm³/mol. The summed E-state index contributed by atoms with van der Waals surface area (Å²) in [4.78, 5) is 27.0. The van der Waals surface area contributed by atoms with Crippen molar-refractivity contribution >= 4 is 16.8 Å². The molecule has 9 heteroatoms. The molecule has 0 saturated heterocycles. The Morgan fingerprint density at radius 3 is 2.39 bits per heavy atom. The maximum absolute atomic E-state index is 13.7. The van der Waals surface area contributed by atoms with Crippen LogP contribution in [-0.2, 0) is 6.54 Å². The summed E-state index contributed by atoms with van der Waals surface area (Å²) in [5.41, 5.74) is -0.478. The molecule has 1 aromatic heterocycles. The molecular formula is C19H15F3N2O4. The summed E-state index contributed by atoms with van der Waals surface area (Å²) in [5.74, 6) is -4.84. The molecule has 146 valence electrons. The van der Waals surface area contributed by atoms with Gasteiger partial charge in [-0.2, -0.15) is 0 Å². The summed E-state index contributed by atoms with van der Waals surface area (Å²) in [6.45, 7) is -0.253. The number of H-pyrrole nitrogens is 1. The van der Waals surface area contributed by atoms with Gasteiger partial charge in [-0.15, -0.1) is 0 Å². The molecule has 0 aliphatic heterocycles. The summed E-state index contributed by atoms with van der Waals surface area (Å²) in [5, 5.41) is 2.93. The Morgan fingerprint density at radius 1 is 1.04 bits per heavy atom. The highest BCUT2D eigenvalue weighted by Gasteiger charge is 2.19. The van der Waals surface area contributed by atoms with E-state index in [0.29, 0.717) is 28.5 Å². The molecule has 0 atom stereocenters. The molecule has 28 heavy (non-hydrogen) atoms. The summed E-state index contributed by atoms with van der Waals surface area (Å²) in [7, 11) is 2.93. The van der Waals surface area contributed by atoms with Crippen LogP contribution in [0.5, 0.6) is 11.5 Å². The maximum Gasteiger partial charge on any atom is 0.254 e. The number of fused-ring (bicyclic) bond motifs is 1. The third kappa shape index (κ3) is 3.51. The molecule has 2 N–H and O–H groups in total. The molecule has 6 nitrogen and oxygen atoms in total. The first-order valence-corrected chi connectivity index (χ1v) is 8.05. The minimum atomic E-state index is -1.74. The second kappa shape index (κ2) is 7.63. The number of methoxy groups -OCH3 is 2. The van der Waals surface area contributed by atoms with Gasteiger partial charge < -0.3 is 19.8 Å². The van der Waals surface area contributed by atoms with Crippen LogP contribution in [0.1, 0.15) is 15.9 Å². The first-order valence-electron chi connectivity index (χ1n) is 8.05. The molecule has 1 amide bonds. The van der Waals surface area contributed by atoms with Crippen LogP contribution in [0.25, 0.3) is 10.9 Å². The van der Waals surface area contributed by atoms with Gasteiger partial charge in [-0.25, -0.2) is 13.2 Å². The standard InChI is InChI=1S/C19H15F3N2O4/c1-27-14-6-9-5-10(18(25)24-13(9)7-15(14)28-2)8-23-19(26)11-3-4-12(20)17(22)16(11)21/h3-7H,8H2,1-2H3,(H,23,26)(H,24,25). The van der Waals surface area contributed by atoms with Crippen molar-refractivity contribution in [2.45, 2.75) is 6.54 Å². The fraction of sp³-hybridized carbons (Fsp3) is 0.158. The number of hydrogen-bond acceptors (Lipinski definition) is 4. The molecule has 0 fully saturated rings. The Kier molecular flexibility index (Phi) is 5.25. The lowest BCUT2D eigenvalue weighted by Crippen LogP contribution is -2.27. The van der Waals surface area contributed by atoms with Crippen molar-refractivity contribution in [1.82, 2.24) is 10.3 Å². The van der Waals surface area contributed by atoms with Crippen molar-refractivity contribution in [1.29, 1.82) is 0 Å². The van der Waals surface area contributed by atoms with Crippen molar-refractivity contribution in [3.63, 3.8) is 0 Å². The van der Waals surface area contributed by atoms with Gasteiger partial charge in [-0.1, -0.05) is 0 Å². The van der Waals surface area contributed by atoms with Crippen LogP contribution in [-0.4, -0.2) is 25.1 Å². The average Bonchev–Trinajstić information content (AvgIpc) is 2.69. The normalized spacial score (nSPS) is 10.8. The van der Waals surface area contributed by atoms with Gasteiger partial charge in [0.25, 0.3) is 11.5 Å². The van der Waals surface area contributed by atoms with Gasteiger partial charge in [0.15, 0.2) is 29.0 Å². The monoisotopic (exact) mass is 392 g/mol. The van der Waals surface area contributed by atoms with Crippen LogP contribution in [0.3, 0.4) is 0 Å². The van der Waals surface area contributed by atoms with Gasteiger partial charge >= 0.3 is 0 Å². The number of benzene rings is 2. The van der Waals surface area contributed by atoms with E-state index in [1.54, 1.807) is 12.1 Å². The van der Waals surface area contributed by atoms with E-state index >= 15 is 0 Å². The number of rotatable bonds is 5. The number of nitrogens with one attached hydrogen (secondary N) is 2. The number of aromatic amines is 1. The van der Waals surface area contributed by atoms with Gasteiger partial charge in [-0.3, -0.25) is 9.59 Å². The summed E-state index contributed by atoms with van der Waals surface area (Å²) >= 11 is 0. The van der Waals surface area contributed by atoms with Crippen LogP contribution in [0.2, 0.25) is 0 Å². The number of amides is 1. The van der Waals surface area contributed by atoms with Crippen LogP contribution in [0.4, 0.5) is 13.2 Å². The number of aromatic nitrogens is 1. The number of carbonyl (C=O) groups excluding carboxylic acids is 1. The van der Waals surface area contributed by atoms with E-state index in [1.165, 1.54) is 20.3 Å². The zero-order valence-electron chi connectivity index (χ0n) is 14.9. The van der Waals surface area contributed by atoms with Crippen LogP contribution in [0.15, 0.2) is 35.1 Å². The van der Waals surface area contributed by atoms with E-state index in [-0.39, 0.29) is 12.1 Å². The average molecular weight is 392 g/mol. The Labute approximate surface area is 156 Å². The molecule has 2 aromatic carbocycles. The lowest BCUT2D eigenvalue weighted by atomic mass is 10.1. The van der Waals surface area contributed by atoms with E-state index in [4.69, 9.17) is 9.47 Å². The zero-order chi connectivity index (χ0) is 20.4. The molecular weight excluding hydrogens is 377 g/mol. The van der Waals surface area contributed by atoms with Crippen LogP contribution < -0.4 is 20.3 Å². The fourth-order valence-corrected chi connectivity index (χ4v) is 2.68. The molecule has 0 bridgehead atoms. The topological polar surface area (TPSA) is 80.4 Å². The highest BCUT2D eigenvalue weighted by Crippen LogP contribution is 2.31. The Bertz CT molecular complexity index is 1130. The third-order valence-corrected chi connectivity index (χ3v) is 4.14. The van der Waals surface area contributed by atoms with Crippen molar-refractivity contribution in [3.8, 4) is 11.5 Å². The van der Waals surface area contributed by atoms with Crippen molar-refractivity contribution in [2.24, 2.45) is 0 Å². The minimum Gasteiger partial charge on any atom is -0.493 e. The van der Waals surface area contributed by atoms with Crippen molar-refractivity contribution < 1.29 is 27.4 Å². The molecule has 0 unspecified atom stereocenters. The smallest absolute Gasteiger partial charge is 0.254 e. The van der Waals surface area contributed by atoms with E-state index in [9.17, 15) is 22.8 Å². The molecule has 0 radical (unpaired) electrons. The lowest BCUT2D eigenvalue weighted by molar-refractivity contribution is 0.0945. The molecule has 3 rings (SSSR count). The highest BCUT2D eigenvalue weighted by molar-refractivity contribution is 5.94. The first-order chi connectivity index (χ1) is 13.3. The summed E-state index contributed by atoms with van der Waals surface area (Å²) in [6, 6.07) is 6.23. The lowest BCUT2D eigenvalue weighted by Gasteiger charge is -2.11. The van der Waals surface area contributed by atoms with Gasteiger partial charge in [0.05, 0.1) is 25.3 Å². The molecule has 1 heterocycles. The van der Waals surface area contributed by atoms with E-state index in [1.807, 2.05) is 0 Å². The molecule has 0 spiro atoms. The Hall–Kier alpha value is -3.49. The van der Waals surface area contributed by atoms with Gasteiger partial charge in [-0.05, 0) is 24.3 Å². The predicted octanol–water partition coefficient (Wildman–Crippen LogP) is 2.89. The molecule has 3 aromatic rings. The van der Waals surface area contributed by atoms with E-state index < -0.39 is 34.5 Å². The minimum absolute atomic E-state index is 0.177. The van der Waals surface area contributed by atoms with Crippen molar-refractivity contribution in [2.75, 3.05) is 14.2 Å². The number of halogens is 3. The molecule has 0 aliphatic carbocycles. The number of carbonyl (C=O) groups is 1. The van der Waals surface area contributed by atoms with Crippen LogP contribution in [0, 0.1) is 17.5 Å². The summed E-state index contributed by atoms with van der Waals surface area (Å²) in [6.07, 6.45) is 0. The fourth-order valence-electron chi connectivity index (χ4n) is 2.68. The number of hydrogen-bond donors (Lipinski definition) is 2. The quantitative estimate of drug-likeness (QED) is 0.655. The second-order valence-corrected chi connectivity index (χ2v) is 5.82. The molecule has 0 aliphatic rings. The van der Waals surface area contributed by atoms with Crippen LogP contribution >= 0.6 is 0 Å². The zero-order valence-corrected chi connectivity index (χ0v) is 14.9. The number of ether oxygens (including phenoxy) is 2. The van der Waals surface area contributed by atoms with Gasteiger partial charge in [0.1, 0.15) is 0 Å². The molecule has 0 saturated carbocycles. The van der Waals surface area contributed by atoms with E-state index in [2.05, 4.69) is 10.3 Å². The van der Waals surface area contributed by atoms with Crippen molar-refractivity contribution in [3.05, 3.63) is 69.3 Å². The largest absolute Gasteiger partial charge is 0.493 e. The summed E-state index contributed by atoms with van der Waals surface area (Å²) < 4.78 is 50.4. The Morgan fingerprint density at radius 2 is 1.71 bits per heavy atom. The highest BCUT2D eigenvalue weighted by atomic mass is 19.2. The maximum atomic E-state index is 13.7. The SMILES string of the molecule is COc1cc2cc(CNC(=O)c3ccc(F)c(F)c3F)c(=O)[nH]c2cc1OC. The van der Waals surface area contributed by atoms with Gasteiger partial charge in [0.2, 0.25) is 0 Å². The van der Waals surface area contributed by atoms with E-state index in [0.717, 1.165) is 6.07 Å².